The third-order valence-corrected chi connectivity index (χ3v) is 3.16. The van der Waals surface area contributed by atoms with Gasteiger partial charge in [0.05, 0.1) is 11.1 Å². The first-order chi connectivity index (χ1) is 9.81. The molecule has 0 saturated carbocycles. The lowest BCUT2D eigenvalue weighted by Crippen LogP contribution is -2.32. The maximum Gasteiger partial charge on any atom is 0.173 e. The molecule has 0 amide bonds. The van der Waals surface area contributed by atoms with Gasteiger partial charge >= 0.3 is 0 Å². The van der Waals surface area contributed by atoms with Gasteiger partial charge in [0, 0.05) is 19.0 Å². The summed E-state index contributed by atoms with van der Waals surface area (Å²) in [5.41, 5.74) is 7.47. The Morgan fingerprint density at radius 1 is 1.33 bits per heavy atom. The van der Waals surface area contributed by atoms with Crippen LogP contribution >= 0.6 is 0 Å². The summed E-state index contributed by atoms with van der Waals surface area (Å²) in [6, 6.07) is 9.72. The van der Waals surface area contributed by atoms with Crippen LogP contribution in [0.4, 0.5) is 5.82 Å². The van der Waals surface area contributed by atoms with E-state index in [1.54, 1.807) is 0 Å². The van der Waals surface area contributed by atoms with Crippen molar-refractivity contribution < 1.29 is 5.21 Å². The number of aromatic nitrogens is 1. The van der Waals surface area contributed by atoms with Gasteiger partial charge < -0.3 is 15.8 Å². The largest absolute Gasteiger partial charge is 0.409 e. The van der Waals surface area contributed by atoms with Gasteiger partial charge in [0.2, 0.25) is 0 Å². The third kappa shape index (κ3) is 3.42. The molecule has 2 rings (SSSR count). The molecule has 5 nitrogen and oxygen atoms in total. The van der Waals surface area contributed by atoms with E-state index >= 15 is 0 Å². The minimum atomic E-state index is 0.0732. The molecule has 0 spiro atoms. The van der Waals surface area contributed by atoms with Gasteiger partial charge in [0.15, 0.2) is 5.84 Å². The van der Waals surface area contributed by atoms with Crippen molar-refractivity contribution in [3.8, 4) is 0 Å². The molecule has 0 aliphatic heterocycles. The fourth-order valence-electron chi connectivity index (χ4n) is 2.43. The van der Waals surface area contributed by atoms with E-state index in [1.165, 1.54) is 0 Å². The first kappa shape index (κ1) is 15.1. The molecule has 0 aliphatic carbocycles. The van der Waals surface area contributed by atoms with E-state index in [0.29, 0.717) is 5.56 Å². The molecule has 0 aliphatic rings. The quantitative estimate of drug-likeness (QED) is 0.394. The molecular formula is C16H22N4O. The van der Waals surface area contributed by atoms with Crippen LogP contribution in [0.25, 0.3) is 10.9 Å². The number of fused-ring (bicyclic) bond motifs is 1. The second-order valence-corrected chi connectivity index (χ2v) is 6.45. The Morgan fingerprint density at radius 2 is 2.00 bits per heavy atom. The van der Waals surface area contributed by atoms with Crippen molar-refractivity contribution in [2.45, 2.75) is 20.8 Å². The molecule has 3 N–H and O–H groups in total. The summed E-state index contributed by atoms with van der Waals surface area (Å²) < 4.78 is 0. The number of nitrogens with two attached hydrogens (primary N) is 1. The molecule has 0 atom stereocenters. The highest BCUT2D eigenvalue weighted by molar-refractivity contribution is 6.04. The number of benzene rings is 1. The maximum absolute atomic E-state index is 9.02. The molecule has 0 saturated heterocycles. The Hall–Kier alpha value is -2.30. The third-order valence-electron chi connectivity index (χ3n) is 3.16. The van der Waals surface area contributed by atoms with Gasteiger partial charge in [-0.05, 0) is 17.5 Å². The number of pyridine rings is 1. The Bertz CT molecular complexity index is 674. The van der Waals surface area contributed by atoms with Gasteiger partial charge in [0.25, 0.3) is 0 Å². The van der Waals surface area contributed by atoms with Gasteiger partial charge in [-0.15, -0.1) is 0 Å². The summed E-state index contributed by atoms with van der Waals surface area (Å²) in [5, 5.41) is 13.1. The molecule has 1 aromatic carbocycles. The number of hydrogen-bond acceptors (Lipinski definition) is 4. The predicted molar refractivity (Wildman–Crippen MR) is 87.0 cm³/mol. The van der Waals surface area contributed by atoms with E-state index < -0.39 is 0 Å². The predicted octanol–water partition coefficient (Wildman–Crippen LogP) is 2.81. The summed E-state index contributed by atoms with van der Waals surface area (Å²) in [4.78, 5) is 6.72. The van der Waals surface area contributed by atoms with Gasteiger partial charge in [-0.25, -0.2) is 4.98 Å². The van der Waals surface area contributed by atoms with E-state index in [-0.39, 0.29) is 11.3 Å². The minimum absolute atomic E-state index is 0.0732. The van der Waals surface area contributed by atoms with E-state index in [0.717, 1.165) is 23.3 Å². The summed E-state index contributed by atoms with van der Waals surface area (Å²) in [6.45, 7) is 7.29. The Morgan fingerprint density at radius 3 is 2.62 bits per heavy atom. The zero-order chi connectivity index (χ0) is 15.6. The molecule has 21 heavy (non-hydrogen) atoms. The fraction of sp³-hybridized carbons (Fsp3) is 0.375. The Labute approximate surface area is 125 Å². The molecule has 0 radical (unpaired) electrons. The van der Waals surface area contributed by atoms with Crippen LogP contribution in [0, 0.1) is 5.41 Å². The number of anilines is 1. The highest BCUT2D eigenvalue weighted by Crippen LogP contribution is 2.25. The van der Waals surface area contributed by atoms with Crippen molar-refractivity contribution in [2.75, 3.05) is 18.5 Å². The van der Waals surface area contributed by atoms with Gasteiger partial charge in [0.1, 0.15) is 5.82 Å². The van der Waals surface area contributed by atoms with E-state index in [1.807, 2.05) is 42.3 Å². The lowest BCUT2D eigenvalue weighted by Gasteiger charge is -2.29. The highest BCUT2D eigenvalue weighted by atomic mass is 16.4. The average Bonchev–Trinajstić information content (AvgIpc) is 2.43. The number of hydrogen-bond donors (Lipinski definition) is 2. The van der Waals surface area contributed by atoms with Gasteiger partial charge in [-0.2, -0.15) is 0 Å². The van der Waals surface area contributed by atoms with Crippen LogP contribution in [0.1, 0.15) is 26.3 Å². The van der Waals surface area contributed by atoms with Crippen molar-refractivity contribution in [3.05, 3.63) is 35.9 Å². The number of rotatable bonds is 3. The zero-order valence-electron chi connectivity index (χ0n) is 13.0. The van der Waals surface area contributed by atoms with Crippen LogP contribution < -0.4 is 10.6 Å². The topological polar surface area (TPSA) is 74.7 Å². The van der Waals surface area contributed by atoms with Crippen molar-refractivity contribution in [3.63, 3.8) is 0 Å². The van der Waals surface area contributed by atoms with Crippen LogP contribution in [0.3, 0.4) is 0 Å². The fourth-order valence-corrected chi connectivity index (χ4v) is 2.43. The normalized spacial score (nSPS) is 12.7. The SMILES string of the molecule is CN(CC(C)(C)C)c1nc2ccccc2cc1C(N)=NO. The van der Waals surface area contributed by atoms with Crippen LogP contribution in [-0.2, 0) is 0 Å². The lowest BCUT2D eigenvalue weighted by molar-refractivity contribution is 0.318. The first-order valence-corrected chi connectivity index (χ1v) is 6.90. The van der Waals surface area contributed by atoms with Crippen LogP contribution in [-0.4, -0.2) is 29.6 Å². The second kappa shape index (κ2) is 5.60. The van der Waals surface area contributed by atoms with E-state index in [4.69, 9.17) is 10.9 Å². The van der Waals surface area contributed by atoms with Crippen molar-refractivity contribution in [1.82, 2.24) is 4.98 Å². The highest BCUT2D eigenvalue weighted by Gasteiger charge is 2.19. The number of oxime groups is 1. The molecule has 0 bridgehead atoms. The Kier molecular flexibility index (Phi) is 4.02. The summed E-state index contributed by atoms with van der Waals surface area (Å²) in [7, 11) is 1.97. The maximum atomic E-state index is 9.02. The molecule has 0 fully saturated rings. The van der Waals surface area contributed by atoms with Crippen LogP contribution in [0.15, 0.2) is 35.5 Å². The van der Waals surface area contributed by atoms with Gasteiger partial charge in [-0.1, -0.05) is 44.1 Å². The molecule has 5 heteroatoms. The first-order valence-electron chi connectivity index (χ1n) is 6.90. The van der Waals surface area contributed by atoms with Crippen LogP contribution in [0.5, 0.6) is 0 Å². The molecule has 1 aromatic heterocycles. The smallest absolute Gasteiger partial charge is 0.173 e. The summed E-state index contributed by atoms with van der Waals surface area (Å²) in [5.74, 6) is 0.794. The minimum Gasteiger partial charge on any atom is -0.409 e. The standard InChI is InChI=1S/C16H22N4O/c1-16(2,3)10-20(4)15-12(14(17)19-21)9-11-7-5-6-8-13(11)18-15/h5-9,21H,10H2,1-4H3,(H2,17,19). The number of nitrogens with zero attached hydrogens (tertiary/aromatic N) is 3. The molecule has 2 aromatic rings. The number of amidine groups is 1. The molecule has 112 valence electrons. The van der Waals surface area contributed by atoms with E-state index in [2.05, 4.69) is 30.9 Å². The van der Waals surface area contributed by atoms with E-state index in [9.17, 15) is 0 Å². The van der Waals surface area contributed by atoms with Crippen molar-refractivity contribution in [1.29, 1.82) is 0 Å². The lowest BCUT2D eigenvalue weighted by atomic mass is 9.96. The Balaban J connectivity index is 2.58. The second-order valence-electron chi connectivity index (χ2n) is 6.45. The molecule has 0 unspecified atom stereocenters. The van der Waals surface area contributed by atoms with Crippen molar-refractivity contribution in [2.24, 2.45) is 16.3 Å². The zero-order valence-corrected chi connectivity index (χ0v) is 13.0. The van der Waals surface area contributed by atoms with Crippen LogP contribution in [0.2, 0.25) is 0 Å². The summed E-state index contributed by atoms with van der Waals surface area (Å²) >= 11 is 0. The van der Waals surface area contributed by atoms with Crippen molar-refractivity contribution >= 4 is 22.6 Å². The monoisotopic (exact) mass is 286 g/mol. The number of para-hydroxylation sites is 1. The summed E-state index contributed by atoms with van der Waals surface area (Å²) in [6.07, 6.45) is 0. The molecular weight excluding hydrogens is 264 g/mol. The average molecular weight is 286 g/mol. The van der Waals surface area contributed by atoms with Gasteiger partial charge in [-0.3, -0.25) is 0 Å². The molecule has 1 heterocycles.